The highest BCUT2D eigenvalue weighted by molar-refractivity contribution is 5.35. The van der Waals surface area contributed by atoms with Gasteiger partial charge in [0.25, 0.3) is 0 Å². The molecule has 0 fully saturated rings. The van der Waals surface area contributed by atoms with E-state index in [1.807, 2.05) is 18.2 Å². The molecular weight excluding hydrogens is 192 g/mol. The van der Waals surface area contributed by atoms with Gasteiger partial charge in [-0.3, -0.25) is 0 Å². The van der Waals surface area contributed by atoms with E-state index in [2.05, 4.69) is 6.92 Å². The highest BCUT2D eigenvalue weighted by Crippen LogP contribution is 2.16. The molecule has 0 aliphatic carbocycles. The smallest absolute Gasteiger partial charge is 0.119 e. The van der Waals surface area contributed by atoms with Crippen molar-refractivity contribution >= 4 is 0 Å². The molecule has 1 rings (SSSR count). The molecule has 0 amide bonds. The predicted octanol–water partition coefficient (Wildman–Crippen LogP) is 2.04. The Bertz CT molecular complexity index is 297. The quantitative estimate of drug-likeness (QED) is 0.671. The zero-order valence-electron chi connectivity index (χ0n) is 9.29. The Morgan fingerprint density at radius 2 is 1.93 bits per heavy atom. The lowest BCUT2D eigenvalue weighted by Gasteiger charge is -2.07. The molecule has 0 aliphatic heterocycles. The maximum Gasteiger partial charge on any atom is 0.119 e. The largest absolute Gasteiger partial charge is 0.497 e. The molecule has 0 saturated carbocycles. The highest BCUT2D eigenvalue weighted by atomic mass is 16.5. The van der Waals surface area contributed by atoms with Gasteiger partial charge in [-0.25, -0.2) is 0 Å². The van der Waals surface area contributed by atoms with Crippen LogP contribution in [0.1, 0.15) is 11.1 Å². The van der Waals surface area contributed by atoms with E-state index in [1.54, 1.807) is 14.2 Å². The molecule has 83 valence electrons. The number of rotatable bonds is 6. The van der Waals surface area contributed by atoms with Crippen molar-refractivity contribution in [1.82, 2.24) is 0 Å². The van der Waals surface area contributed by atoms with Crippen molar-refractivity contribution in [2.24, 2.45) is 0 Å². The second-order valence-electron chi connectivity index (χ2n) is 3.23. The minimum atomic E-state index is 0.559. The van der Waals surface area contributed by atoms with E-state index in [9.17, 15) is 0 Å². The molecule has 0 heterocycles. The lowest BCUT2D eigenvalue weighted by molar-refractivity contribution is 0.0616. The summed E-state index contributed by atoms with van der Waals surface area (Å²) in [5.41, 5.74) is 2.00. The number of hydrogen-bond acceptors (Lipinski definition) is 3. The van der Waals surface area contributed by atoms with Gasteiger partial charge in [-0.05, 0) is 30.2 Å². The molecule has 1 aromatic rings. The van der Waals surface area contributed by atoms with Crippen molar-refractivity contribution < 1.29 is 14.2 Å². The van der Waals surface area contributed by atoms with Gasteiger partial charge in [-0.1, -0.05) is 6.07 Å². The standard InChI is InChI=1S/C12H17O3/c1-10-6-11(8-12(7-10)14-3)9-15-5-4-13-2/h6-8H,1,4-5,9H2,2-3H3. The third-order valence-corrected chi connectivity index (χ3v) is 1.96. The molecule has 0 atom stereocenters. The number of benzene rings is 1. The maximum absolute atomic E-state index is 5.41. The number of hydrogen-bond donors (Lipinski definition) is 0. The summed E-state index contributed by atoms with van der Waals surface area (Å²) < 4.78 is 15.4. The van der Waals surface area contributed by atoms with E-state index in [0.29, 0.717) is 19.8 Å². The molecule has 0 saturated heterocycles. The van der Waals surface area contributed by atoms with Crippen LogP contribution >= 0.6 is 0 Å². The first-order valence-electron chi connectivity index (χ1n) is 4.83. The van der Waals surface area contributed by atoms with E-state index in [1.165, 1.54) is 0 Å². The molecule has 0 unspecified atom stereocenters. The topological polar surface area (TPSA) is 27.7 Å². The normalized spacial score (nSPS) is 10.3. The zero-order valence-corrected chi connectivity index (χ0v) is 9.29. The van der Waals surface area contributed by atoms with Crippen LogP contribution < -0.4 is 4.74 Å². The van der Waals surface area contributed by atoms with Gasteiger partial charge in [0.05, 0.1) is 26.9 Å². The molecular formula is C12H17O3. The average Bonchev–Trinajstić information content (AvgIpc) is 2.23. The molecule has 0 bridgehead atoms. The van der Waals surface area contributed by atoms with Crippen LogP contribution in [-0.2, 0) is 16.1 Å². The van der Waals surface area contributed by atoms with Crippen molar-refractivity contribution in [3.8, 4) is 5.75 Å². The fraction of sp³-hybridized carbons (Fsp3) is 0.417. The summed E-state index contributed by atoms with van der Waals surface area (Å²) in [4.78, 5) is 0. The minimum absolute atomic E-state index is 0.559. The van der Waals surface area contributed by atoms with Crippen LogP contribution in [-0.4, -0.2) is 27.4 Å². The lowest BCUT2D eigenvalue weighted by Crippen LogP contribution is -2.02. The first-order chi connectivity index (χ1) is 7.26. The van der Waals surface area contributed by atoms with Crippen molar-refractivity contribution in [3.63, 3.8) is 0 Å². The lowest BCUT2D eigenvalue weighted by atomic mass is 10.1. The van der Waals surface area contributed by atoms with Crippen LogP contribution in [0.3, 0.4) is 0 Å². The first kappa shape index (κ1) is 12.0. The molecule has 0 spiro atoms. The van der Waals surface area contributed by atoms with Crippen LogP contribution in [0.4, 0.5) is 0 Å². The minimum Gasteiger partial charge on any atom is -0.497 e. The molecule has 3 heteroatoms. The number of methoxy groups -OCH3 is 2. The third-order valence-electron chi connectivity index (χ3n) is 1.96. The van der Waals surface area contributed by atoms with E-state index in [4.69, 9.17) is 14.2 Å². The van der Waals surface area contributed by atoms with Crippen molar-refractivity contribution in [2.45, 2.75) is 6.61 Å². The SMILES string of the molecule is [CH2]c1cc(COCCOC)cc(OC)c1. The van der Waals surface area contributed by atoms with Gasteiger partial charge < -0.3 is 14.2 Å². The summed E-state index contributed by atoms with van der Waals surface area (Å²) in [6, 6.07) is 5.81. The summed E-state index contributed by atoms with van der Waals surface area (Å²) in [5, 5.41) is 0. The van der Waals surface area contributed by atoms with Crippen molar-refractivity contribution in [2.75, 3.05) is 27.4 Å². The number of ether oxygens (including phenoxy) is 3. The Morgan fingerprint density at radius 1 is 1.13 bits per heavy atom. The van der Waals surface area contributed by atoms with Gasteiger partial charge in [0.15, 0.2) is 0 Å². The average molecular weight is 209 g/mol. The predicted molar refractivity (Wildman–Crippen MR) is 59.0 cm³/mol. The molecule has 15 heavy (non-hydrogen) atoms. The highest BCUT2D eigenvalue weighted by Gasteiger charge is 1.98. The monoisotopic (exact) mass is 209 g/mol. The van der Waals surface area contributed by atoms with Crippen LogP contribution in [0, 0.1) is 6.92 Å². The van der Waals surface area contributed by atoms with E-state index in [-0.39, 0.29) is 0 Å². The van der Waals surface area contributed by atoms with Gasteiger partial charge in [0.2, 0.25) is 0 Å². The van der Waals surface area contributed by atoms with Gasteiger partial charge in [-0.2, -0.15) is 0 Å². The third kappa shape index (κ3) is 4.32. The van der Waals surface area contributed by atoms with Crippen LogP contribution in [0.15, 0.2) is 18.2 Å². The van der Waals surface area contributed by atoms with Crippen molar-refractivity contribution in [1.29, 1.82) is 0 Å². The maximum atomic E-state index is 5.41. The summed E-state index contributed by atoms with van der Waals surface area (Å²) in [6.45, 7) is 5.64. The van der Waals surface area contributed by atoms with Crippen molar-refractivity contribution in [3.05, 3.63) is 36.2 Å². The van der Waals surface area contributed by atoms with Gasteiger partial charge in [0.1, 0.15) is 5.75 Å². The Kier molecular flexibility index (Phi) is 5.15. The first-order valence-corrected chi connectivity index (χ1v) is 4.83. The van der Waals surface area contributed by atoms with E-state index >= 15 is 0 Å². The Balaban J connectivity index is 2.49. The Hall–Kier alpha value is -1.06. The second kappa shape index (κ2) is 6.43. The summed E-state index contributed by atoms with van der Waals surface area (Å²) in [6.07, 6.45) is 0. The molecule has 0 aromatic heterocycles. The molecule has 1 aromatic carbocycles. The van der Waals surface area contributed by atoms with E-state index in [0.717, 1.165) is 16.9 Å². The second-order valence-corrected chi connectivity index (χ2v) is 3.23. The zero-order chi connectivity index (χ0) is 11.1. The molecule has 3 nitrogen and oxygen atoms in total. The summed E-state index contributed by atoms with van der Waals surface area (Å²) in [7, 11) is 3.30. The molecule has 1 radical (unpaired) electrons. The van der Waals surface area contributed by atoms with Gasteiger partial charge in [0, 0.05) is 7.11 Å². The summed E-state index contributed by atoms with van der Waals surface area (Å²) in [5.74, 6) is 0.813. The van der Waals surface area contributed by atoms with Gasteiger partial charge >= 0.3 is 0 Å². The van der Waals surface area contributed by atoms with E-state index < -0.39 is 0 Å². The Labute approximate surface area is 91.0 Å². The van der Waals surface area contributed by atoms with Crippen LogP contribution in [0.5, 0.6) is 5.75 Å². The molecule has 0 aliphatic rings. The van der Waals surface area contributed by atoms with Crippen LogP contribution in [0.2, 0.25) is 0 Å². The Morgan fingerprint density at radius 3 is 2.60 bits per heavy atom. The van der Waals surface area contributed by atoms with Crippen LogP contribution in [0.25, 0.3) is 0 Å². The molecule has 0 N–H and O–H groups in total. The van der Waals surface area contributed by atoms with Gasteiger partial charge in [-0.15, -0.1) is 0 Å². The fourth-order valence-electron chi connectivity index (χ4n) is 1.26. The summed E-state index contributed by atoms with van der Waals surface area (Å²) >= 11 is 0. The fourth-order valence-corrected chi connectivity index (χ4v) is 1.26.